The van der Waals surface area contributed by atoms with Crippen LogP contribution in [0.5, 0.6) is 0 Å². The van der Waals surface area contributed by atoms with Crippen LogP contribution in [0.2, 0.25) is 0 Å². The van der Waals surface area contributed by atoms with Gasteiger partial charge in [-0.05, 0) is 68.7 Å². The van der Waals surface area contributed by atoms with Gasteiger partial charge < -0.3 is 5.32 Å². The molecule has 1 amide bonds. The van der Waals surface area contributed by atoms with Gasteiger partial charge in [-0.3, -0.25) is 14.6 Å². The highest BCUT2D eigenvalue weighted by Crippen LogP contribution is 2.22. The lowest BCUT2D eigenvalue weighted by molar-refractivity contribution is 0.102. The van der Waals surface area contributed by atoms with Crippen LogP contribution in [-0.2, 0) is 10.0 Å². The SMILES string of the molecule is Cc1cccc(-n2ncc3c(=O)[nH]c(-n4nc(C)cc4NC(=O)c4ccc(S(=O)(=O)N5CCCC5)cc4)nc32)c1. The number of sulfonamides is 1. The third-order valence-corrected chi connectivity index (χ3v) is 8.68. The quantitative estimate of drug-likeness (QED) is 0.326. The average Bonchev–Trinajstić information content (AvgIpc) is 3.69. The molecule has 5 aromatic rings. The van der Waals surface area contributed by atoms with Gasteiger partial charge in [-0.1, -0.05) is 12.1 Å². The summed E-state index contributed by atoms with van der Waals surface area (Å²) < 4.78 is 30.0. The molecule has 2 N–H and O–H groups in total. The van der Waals surface area contributed by atoms with E-state index in [-0.39, 0.29) is 22.2 Å². The molecule has 6 rings (SSSR count). The molecule has 1 aliphatic rings. The highest BCUT2D eigenvalue weighted by Gasteiger charge is 2.27. The molecule has 12 nitrogen and oxygen atoms in total. The number of H-pyrrole nitrogens is 1. The van der Waals surface area contributed by atoms with Gasteiger partial charge in [0, 0.05) is 24.7 Å². The van der Waals surface area contributed by atoms with Crippen LogP contribution in [0.25, 0.3) is 22.7 Å². The number of benzene rings is 2. The van der Waals surface area contributed by atoms with E-state index in [9.17, 15) is 18.0 Å². The van der Waals surface area contributed by atoms with E-state index in [1.807, 2.05) is 31.2 Å². The Hall–Kier alpha value is -4.62. The number of nitrogens with one attached hydrogen (secondary N) is 2. The van der Waals surface area contributed by atoms with Gasteiger partial charge in [0.25, 0.3) is 11.5 Å². The Bertz CT molecular complexity index is 1920. The van der Waals surface area contributed by atoms with Crippen molar-refractivity contribution in [1.82, 2.24) is 33.8 Å². The number of fused-ring (bicyclic) bond motifs is 1. The minimum Gasteiger partial charge on any atom is -0.306 e. The van der Waals surface area contributed by atoms with Gasteiger partial charge in [0.15, 0.2) is 5.65 Å². The lowest BCUT2D eigenvalue weighted by atomic mass is 10.2. The number of anilines is 1. The number of aryl methyl sites for hydroxylation is 2. The Labute approximate surface area is 229 Å². The zero-order chi connectivity index (χ0) is 28.0. The molecule has 1 aliphatic heterocycles. The van der Waals surface area contributed by atoms with Gasteiger partial charge in [0.1, 0.15) is 11.2 Å². The van der Waals surface area contributed by atoms with Gasteiger partial charge in [-0.25, -0.2) is 13.1 Å². The van der Waals surface area contributed by atoms with Crippen LogP contribution in [0.15, 0.2) is 70.5 Å². The predicted octanol–water partition coefficient (Wildman–Crippen LogP) is 2.95. The summed E-state index contributed by atoms with van der Waals surface area (Å²) in [6, 6.07) is 15.1. The lowest BCUT2D eigenvalue weighted by Gasteiger charge is -2.15. The second-order valence-electron chi connectivity index (χ2n) is 9.69. The number of carbonyl (C=O) groups excluding carboxylic acids is 1. The highest BCUT2D eigenvalue weighted by atomic mass is 32.2. The molecule has 40 heavy (non-hydrogen) atoms. The minimum absolute atomic E-state index is 0.0994. The Morgan fingerprint density at radius 1 is 1.00 bits per heavy atom. The average molecular weight is 559 g/mol. The van der Waals surface area contributed by atoms with Crippen molar-refractivity contribution in [2.75, 3.05) is 18.4 Å². The summed E-state index contributed by atoms with van der Waals surface area (Å²) in [5.41, 5.74) is 2.56. The molecule has 13 heteroatoms. The number of rotatable bonds is 6. The second kappa shape index (κ2) is 9.84. The molecule has 204 valence electrons. The van der Waals surface area contributed by atoms with E-state index in [2.05, 4.69) is 25.5 Å². The Morgan fingerprint density at radius 2 is 1.75 bits per heavy atom. The third-order valence-electron chi connectivity index (χ3n) is 6.76. The largest absolute Gasteiger partial charge is 0.306 e. The van der Waals surface area contributed by atoms with Gasteiger partial charge >= 0.3 is 0 Å². The first kappa shape index (κ1) is 25.6. The third kappa shape index (κ3) is 4.58. The van der Waals surface area contributed by atoms with Crippen LogP contribution >= 0.6 is 0 Å². The van der Waals surface area contributed by atoms with Gasteiger partial charge in [-0.2, -0.15) is 24.2 Å². The first-order valence-electron chi connectivity index (χ1n) is 12.7. The van der Waals surface area contributed by atoms with E-state index in [1.165, 1.54) is 39.4 Å². The van der Waals surface area contributed by atoms with E-state index in [0.717, 1.165) is 24.1 Å². The van der Waals surface area contributed by atoms with Crippen LogP contribution in [0, 0.1) is 13.8 Å². The molecule has 0 aliphatic carbocycles. The molecular formula is C27H26N8O4S. The number of hydrogen-bond donors (Lipinski definition) is 2. The van der Waals surface area contributed by atoms with Crippen LogP contribution < -0.4 is 10.9 Å². The maximum absolute atomic E-state index is 13.1. The van der Waals surface area contributed by atoms with Crippen molar-refractivity contribution in [2.45, 2.75) is 31.6 Å². The fraction of sp³-hybridized carbons (Fsp3) is 0.222. The van der Waals surface area contributed by atoms with Crippen LogP contribution in [-0.4, -0.2) is 61.2 Å². The normalized spacial score (nSPS) is 14.2. The lowest BCUT2D eigenvalue weighted by Crippen LogP contribution is -2.27. The first-order chi connectivity index (χ1) is 19.2. The number of aromatic amines is 1. The van der Waals surface area contributed by atoms with Gasteiger partial charge in [-0.15, -0.1) is 0 Å². The van der Waals surface area contributed by atoms with Crippen LogP contribution in [0.1, 0.15) is 34.5 Å². The highest BCUT2D eigenvalue weighted by molar-refractivity contribution is 7.89. The topological polar surface area (TPSA) is 148 Å². The summed E-state index contributed by atoms with van der Waals surface area (Å²) in [6.45, 7) is 4.71. The van der Waals surface area contributed by atoms with Crippen molar-refractivity contribution in [3.8, 4) is 11.6 Å². The maximum Gasteiger partial charge on any atom is 0.263 e. The molecule has 1 saturated heterocycles. The molecule has 0 atom stereocenters. The molecule has 2 aromatic carbocycles. The minimum atomic E-state index is -3.58. The van der Waals surface area contributed by atoms with Crippen molar-refractivity contribution in [2.24, 2.45) is 0 Å². The molecule has 0 spiro atoms. The zero-order valence-corrected chi connectivity index (χ0v) is 22.6. The van der Waals surface area contributed by atoms with E-state index in [1.54, 1.807) is 17.7 Å². The summed E-state index contributed by atoms with van der Waals surface area (Å²) in [6.07, 6.45) is 3.14. The van der Waals surface area contributed by atoms with Crippen molar-refractivity contribution >= 4 is 32.8 Å². The number of carbonyl (C=O) groups is 1. The van der Waals surface area contributed by atoms with Crippen molar-refractivity contribution in [3.63, 3.8) is 0 Å². The van der Waals surface area contributed by atoms with E-state index in [0.29, 0.717) is 29.8 Å². The Morgan fingerprint density at radius 3 is 2.48 bits per heavy atom. The molecule has 4 heterocycles. The summed E-state index contributed by atoms with van der Waals surface area (Å²) in [7, 11) is -3.58. The van der Waals surface area contributed by atoms with Crippen molar-refractivity contribution < 1.29 is 13.2 Å². The number of amides is 1. The van der Waals surface area contributed by atoms with E-state index >= 15 is 0 Å². The fourth-order valence-corrected chi connectivity index (χ4v) is 6.27. The maximum atomic E-state index is 13.1. The first-order valence-corrected chi connectivity index (χ1v) is 14.2. The van der Waals surface area contributed by atoms with Gasteiger partial charge in [0.2, 0.25) is 16.0 Å². The molecule has 3 aromatic heterocycles. The molecular weight excluding hydrogens is 532 g/mol. The predicted molar refractivity (Wildman–Crippen MR) is 148 cm³/mol. The molecule has 0 saturated carbocycles. The standard InChI is InChI=1S/C27H26N8O4S/c1-17-6-5-7-20(14-17)34-24-22(16-28-34)26(37)31-27(30-24)35-23(15-18(2)32-35)29-25(36)19-8-10-21(11-9-19)40(38,39)33-12-3-4-13-33/h5-11,14-16H,3-4,12-13H2,1-2H3,(H,29,36)(H,30,31,37). The molecule has 1 fully saturated rings. The van der Waals surface area contributed by atoms with E-state index < -0.39 is 21.5 Å². The Kier molecular flexibility index (Phi) is 6.31. The van der Waals surface area contributed by atoms with Crippen LogP contribution in [0.4, 0.5) is 5.82 Å². The summed E-state index contributed by atoms with van der Waals surface area (Å²) in [4.78, 5) is 33.5. The van der Waals surface area contributed by atoms with Crippen molar-refractivity contribution in [3.05, 3.63) is 88.0 Å². The molecule has 0 bridgehead atoms. The van der Waals surface area contributed by atoms with E-state index in [4.69, 9.17) is 0 Å². The number of hydrogen-bond acceptors (Lipinski definition) is 7. The zero-order valence-electron chi connectivity index (χ0n) is 21.8. The summed E-state index contributed by atoms with van der Waals surface area (Å²) >= 11 is 0. The summed E-state index contributed by atoms with van der Waals surface area (Å²) in [5.74, 6) is -0.0951. The van der Waals surface area contributed by atoms with Crippen LogP contribution in [0.3, 0.4) is 0 Å². The monoisotopic (exact) mass is 558 g/mol. The second-order valence-corrected chi connectivity index (χ2v) is 11.6. The fourth-order valence-electron chi connectivity index (χ4n) is 4.75. The Balaban J connectivity index is 1.31. The smallest absolute Gasteiger partial charge is 0.263 e. The summed E-state index contributed by atoms with van der Waals surface area (Å²) in [5, 5.41) is 11.9. The molecule has 0 radical (unpaired) electrons. The molecule has 0 unspecified atom stereocenters. The number of aromatic nitrogens is 6. The van der Waals surface area contributed by atoms with Crippen molar-refractivity contribution in [1.29, 1.82) is 0 Å². The van der Waals surface area contributed by atoms with Gasteiger partial charge in [0.05, 0.1) is 22.5 Å². The number of nitrogens with zero attached hydrogens (tertiary/aromatic N) is 6.